The van der Waals surface area contributed by atoms with Crippen molar-refractivity contribution < 1.29 is 0 Å². The third kappa shape index (κ3) is 4.66. The molecule has 0 amide bonds. The summed E-state index contributed by atoms with van der Waals surface area (Å²) in [5, 5.41) is 4.22. The minimum atomic E-state index is 0.247. The van der Waals surface area contributed by atoms with Gasteiger partial charge in [0.2, 0.25) is 0 Å². The van der Waals surface area contributed by atoms with Crippen LogP contribution in [0.15, 0.2) is 6.33 Å². The van der Waals surface area contributed by atoms with Crippen LogP contribution in [0.25, 0.3) is 0 Å². The van der Waals surface area contributed by atoms with Crippen molar-refractivity contribution in [2.75, 3.05) is 5.75 Å². The Morgan fingerprint density at radius 3 is 2.80 bits per heavy atom. The van der Waals surface area contributed by atoms with E-state index >= 15 is 0 Å². The van der Waals surface area contributed by atoms with Gasteiger partial charge in [-0.1, -0.05) is 13.8 Å². The number of hydrogen-bond donors (Lipinski definition) is 1. The molecule has 1 atom stereocenters. The number of nitrogens with two attached hydrogens (primary N) is 1. The first-order chi connectivity index (χ1) is 7.09. The van der Waals surface area contributed by atoms with Crippen molar-refractivity contribution in [1.29, 1.82) is 0 Å². The van der Waals surface area contributed by atoms with Crippen molar-refractivity contribution in [2.24, 2.45) is 11.7 Å². The molecule has 0 saturated heterocycles. The lowest BCUT2D eigenvalue weighted by Crippen LogP contribution is -2.18. The normalized spacial score (nSPS) is 13.4. The van der Waals surface area contributed by atoms with Crippen molar-refractivity contribution in [3.63, 3.8) is 0 Å². The first kappa shape index (κ1) is 12.5. The molecule has 1 aromatic heterocycles. The Labute approximate surface area is 95.6 Å². The Bertz CT molecular complexity index is 283. The second-order valence-corrected chi connectivity index (χ2v) is 5.27. The number of aromatic nitrogens is 3. The van der Waals surface area contributed by atoms with E-state index in [1.54, 1.807) is 6.33 Å². The van der Waals surface area contributed by atoms with Crippen LogP contribution in [0, 0.1) is 5.92 Å². The van der Waals surface area contributed by atoms with Gasteiger partial charge >= 0.3 is 0 Å². The van der Waals surface area contributed by atoms with Crippen LogP contribution in [-0.4, -0.2) is 26.6 Å². The highest BCUT2D eigenvalue weighted by atomic mass is 32.2. The topological polar surface area (TPSA) is 56.7 Å². The summed E-state index contributed by atoms with van der Waals surface area (Å²) in [7, 11) is 0. The van der Waals surface area contributed by atoms with Crippen LogP contribution in [0.5, 0.6) is 0 Å². The van der Waals surface area contributed by atoms with E-state index in [0.29, 0.717) is 5.92 Å². The maximum Gasteiger partial charge on any atom is 0.138 e. The maximum absolute atomic E-state index is 5.69. The van der Waals surface area contributed by atoms with Crippen molar-refractivity contribution in [2.45, 2.75) is 39.1 Å². The van der Waals surface area contributed by atoms with E-state index < -0.39 is 0 Å². The van der Waals surface area contributed by atoms with E-state index in [0.717, 1.165) is 23.9 Å². The van der Waals surface area contributed by atoms with E-state index in [1.807, 2.05) is 23.4 Å². The van der Waals surface area contributed by atoms with Gasteiger partial charge in [0, 0.05) is 18.3 Å². The summed E-state index contributed by atoms with van der Waals surface area (Å²) in [4.78, 5) is 4.26. The quantitative estimate of drug-likeness (QED) is 0.802. The standard InChI is InChI=1S/C10H20N4S/c1-8(2)4-14-10(12-7-13-14)6-15-5-9(3)11/h7-9H,4-6,11H2,1-3H3. The van der Waals surface area contributed by atoms with Crippen molar-refractivity contribution in [3.05, 3.63) is 12.2 Å². The Hall–Kier alpha value is -0.550. The fourth-order valence-corrected chi connectivity index (χ4v) is 2.13. The van der Waals surface area contributed by atoms with Gasteiger partial charge in [-0.05, 0) is 12.8 Å². The molecule has 1 aromatic rings. The molecule has 1 rings (SSSR count). The van der Waals surface area contributed by atoms with Gasteiger partial charge in [0.1, 0.15) is 12.2 Å². The highest BCUT2D eigenvalue weighted by Crippen LogP contribution is 2.11. The molecular weight excluding hydrogens is 208 g/mol. The van der Waals surface area contributed by atoms with Gasteiger partial charge in [-0.2, -0.15) is 16.9 Å². The number of nitrogens with zero attached hydrogens (tertiary/aromatic N) is 3. The highest BCUT2D eigenvalue weighted by molar-refractivity contribution is 7.98. The van der Waals surface area contributed by atoms with Crippen LogP contribution < -0.4 is 5.73 Å². The molecular formula is C10H20N4S. The van der Waals surface area contributed by atoms with Gasteiger partial charge in [0.05, 0.1) is 5.75 Å². The Kier molecular flexibility index (Phi) is 5.11. The van der Waals surface area contributed by atoms with Gasteiger partial charge in [0.15, 0.2) is 0 Å². The summed E-state index contributed by atoms with van der Waals surface area (Å²) in [6.07, 6.45) is 1.63. The third-order valence-electron chi connectivity index (χ3n) is 1.85. The fraction of sp³-hybridized carbons (Fsp3) is 0.800. The monoisotopic (exact) mass is 228 g/mol. The molecule has 0 aliphatic carbocycles. The zero-order valence-electron chi connectivity index (χ0n) is 9.68. The largest absolute Gasteiger partial charge is 0.327 e. The number of hydrogen-bond acceptors (Lipinski definition) is 4. The molecule has 0 bridgehead atoms. The van der Waals surface area contributed by atoms with Crippen LogP contribution >= 0.6 is 11.8 Å². The highest BCUT2D eigenvalue weighted by Gasteiger charge is 2.06. The van der Waals surface area contributed by atoms with E-state index in [1.165, 1.54) is 0 Å². The summed E-state index contributed by atoms with van der Waals surface area (Å²) in [6, 6.07) is 0.247. The SMILES string of the molecule is CC(C)Cn1ncnc1CSCC(C)N. The molecule has 0 fully saturated rings. The van der Waals surface area contributed by atoms with Gasteiger partial charge in [-0.3, -0.25) is 0 Å². The molecule has 2 N–H and O–H groups in total. The minimum Gasteiger partial charge on any atom is -0.327 e. The minimum absolute atomic E-state index is 0.247. The lowest BCUT2D eigenvalue weighted by atomic mass is 10.2. The average molecular weight is 228 g/mol. The molecule has 0 aromatic carbocycles. The smallest absolute Gasteiger partial charge is 0.138 e. The second-order valence-electron chi connectivity index (χ2n) is 4.24. The molecule has 1 heterocycles. The molecule has 0 spiro atoms. The maximum atomic E-state index is 5.69. The van der Waals surface area contributed by atoms with Gasteiger partial charge in [0.25, 0.3) is 0 Å². The number of rotatable bonds is 6. The third-order valence-corrected chi connectivity index (χ3v) is 3.07. The lowest BCUT2D eigenvalue weighted by Gasteiger charge is -2.08. The summed E-state index contributed by atoms with van der Waals surface area (Å²) in [6.45, 7) is 7.32. The molecule has 1 unspecified atom stereocenters. The van der Waals surface area contributed by atoms with Gasteiger partial charge < -0.3 is 5.73 Å². The Morgan fingerprint density at radius 2 is 2.20 bits per heavy atom. The molecule has 0 aliphatic heterocycles. The first-order valence-corrected chi connectivity index (χ1v) is 6.45. The van der Waals surface area contributed by atoms with Crippen molar-refractivity contribution in [3.8, 4) is 0 Å². The van der Waals surface area contributed by atoms with E-state index in [2.05, 4.69) is 23.9 Å². The van der Waals surface area contributed by atoms with Gasteiger partial charge in [-0.15, -0.1) is 0 Å². The van der Waals surface area contributed by atoms with Gasteiger partial charge in [-0.25, -0.2) is 9.67 Å². The van der Waals surface area contributed by atoms with Crippen LogP contribution in [0.2, 0.25) is 0 Å². The Morgan fingerprint density at radius 1 is 1.47 bits per heavy atom. The molecule has 15 heavy (non-hydrogen) atoms. The lowest BCUT2D eigenvalue weighted by molar-refractivity contribution is 0.471. The predicted molar refractivity (Wildman–Crippen MR) is 64.7 cm³/mol. The summed E-state index contributed by atoms with van der Waals surface area (Å²) in [5.74, 6) is 3.52. The Balaban J connectivity index is 2.43. The average Bonchev–Trinajstić information content (AvgIpc) is 2.51. The van der Waals surface area contributed by atoms with Crippen LogP contribution in [0.1, 0.15) is 26.6 Å². The van der Waals surface area contributed by atoms with Crippen molar-refractivity contribution in [1.82, 2.24) is 14.8 Å². The molecule has 86 valence electrons. The summed E-state index contributed by atoms with van der Waals surface area (Å²) >= 11 is 1.81. The molecule has 4 nitrogen and oxygen atoms in total. The summed E-state index contributed by atoms with van der Waals surface area (Å²) < 4.78 is 1.98. The zero-order valence-corrected chi connectivity index (χ0v) is 10.5. The fourth-order valence-electron chi connectivity index (χ4n) is 1.23. The van der Waals surface area contributed by atoms with E-state index in [-0.39, 0.29) is 6.04 Å². The predicted octanol–water partition coefficient (Wildman–Crippen LogP) is 1.51. The van der Waals surface area contributed by atoms with E-state index in [9.17, 15) is 0 Å². The van der Waals surface area contributed by atoms with Crippen LogP contribution in [-0.2, 0) is 12.3 Å². The first-order valence-electron chi connectivity index (χ1n) is 5.29. The zero-order chi connectivity index (χ0) is 11.3. The van der Waals surface area contributed by atoms with Crippen molar-refractivity contribution >= 4 is 11.8 Å². The van der Waals surface area contributed by atoms with E-state index in [4.69, 9.17) is 5.73 Å². The van der Waals surface area contributed by atoms with Crippen LogP contribution in [0.3, 0.4) is 0 Å². The molecule has 0 saturated carbocycles. The molecule has 0 aliphatic rings. The molecule has 5 heteroatoms. The number of thioether (sulfide) groups is 1. The summed E-state index contributed by atoms with van der Waals surface area (Å²) in [5.41, 5.74) is 5.69. The van der Waals surface area contributed by atoms with Crippen LogP contribution in [0.4, 0.5) is 0 Å². The molecule has 0 radical (unpaired) electrons. The second kappa shape index (κ2) is 6.12.